The second-order valence-electron chi connectivity index (χ2n) is 7.36. The molecule has 0 spiro atoms. The molecule has 0 atom stereocenters. The van der Waals surface area contributed by atoms with Crippen LogP contribution in [0.2, 0.25) is 0 Å². The van der Waals surface area contributed by atoms with Crippen LogP contribution in [0.1, 0.15) is 45.1 Å². The molecule has 1 saturated heterocycles. The number of carbonyl (C=O) groups excluding carboxylic acids is 1. The fourth-order valence-corrected chi connectivity index (χ4v) is 3.26. The van der Waals surface area contributed by atoms with Gasteiger partial charge in [0.1, 0.15) is 5.60 Å². The summed E-state index contributed by atoms with van der Waals surface area (Å²) >= 11 is 0. The number of nitrogens with zero attached hydrogens (tertiary/aromatic N) is 2. The van der Waals surface area contributed by atoms with Gasteiger partial charge in [0.25, 0.3) is 0 Å². The van der Waals surface area contributed by atoms with Crippen LogP contribution >= 0.6 is 0 Å². The van der Waals surface area contributed by atoms with Crippen molar-refractivity contribution in [1.82, 2.24) is 9.47 Å². The smallest absolute Gasteiger partial charge is 0.419 e. The molecule has 2 heterocycles. The predicted octanol–water partition coefficient (Wildman–Crippen LogP) is 3.25. The minimum Gasteiger partial charge on any atom is -0.444 e. The molecule has 1 amide bonds. The van der Waals surface area contributed by atoms with Crippen LogP contribution in [0.4, 0.5) is 4.79 Å². The van der Waals surface area contributed by atoms with Crippen molar-refractivity contribution in [3.05, 3.63) is 34.3 Å². The van der Waals surface area contributed by atoms with E-state index in [1.807, 2.05) is 39.0 Å². The van der Waals surface area contributed by atoms with Gasteiger partial charge < -0.3 is 14.1 Å². The molecule has 0 unspecified atom stereocenters. The minimum atomic E-state index is -0.478. The first-order valence-electron chi connectivity index (χ1n) is 8.32. The van der Waals surface area contributed by atoms with E-state index in [2.05, 4.69) is 0 Å². The molecule has 24 heavy (non-hydrogen) atoms. The van der Waals surface area contributed by atoms with Gasteiger partial charge in [-0.1, -0.05) is 12.1 Å². The fourth-order valence-electron chi connectivity index (χ4n) is 3.26. The van der Waals surface area contributed by atoms with Crippen LogP contribution in [-0.4, -0.2) is 34.3 Å². The first-order chi connectivity index (χ1) is 11.3. The Hall–Kier alpha value is -2.24. The Labute approximate surface area is 141 Å². The summed E-state index contributed by atoms with van der Waals surface area (Å²) in [4.78, 5) is 25.7. The van der Waals surface area contributed by atoms with Crippen molar-refractivity contribution in [3.63, 3.8) is 0 Å². The maximum atomic E-state index is 12.2. The third-order valence-corrected chi connectivity index (χ3v) is 4.42. The number of aryl methyl sites for hydroxylation is 1. The summed E-state index contributed by atoms with van der Waals surface area (Å²) in [6.45, 7) is 6.93. The molecule has 1 aromatic carbocycles. The average Bonchev–Trinajstić information content (AvgIpc) is 2.81. The minimum absolute atomic E-state index is 0.255. The van der Waals surface area contributed by atoms with Crippen LogP contribution in [-0.2, 0) is 11.8 Å². The zero-order valence-electron chi connectivity index (χ0n) is 14.7. The molecular weight excluding hydrogens is 308 g/mol. The highest BCUT2D eigenvalue weighted by Crippen LogP contribution is 2.33. The molecule has 1 aliphatic heterocycles. The van der Waals surface area contributed by atoms with Gasteiger partial charge in [-0.15, -0.1) is 0 Å². The normalized spacial score (nSPS) is 16.6. The topological polar surface area (TPSA) is 64.7 Å². The largest absolute Gasteiger partial charge is 0.444 e. The number of aromatic nitrogens is 1. The summed E-state index contributed by atoms with van der Waals surface area (Å²) < 4.78 is 12.3. The second-order valence-corrected chi connectivity index (χ2v) is 7.36. The number of hydrogen-bond donors (Lipinski definition) is 0. The first kappa shape index (κ1) is 16.6. The van der Waals surface area contributed by atoms with Crippen molar-refractivity contribution in [2.24, 2.45) is 7.05 Å². The summed E-state index contributed by atoms with van der Waals surface area (Å²) in [6.07, 6.45) is 1.44. The van der Waals surface area contributed by atoms with Crippen molar-refractivity contribution in [2.45, 2.75) is 45.1 Å². The van der Waals surface area contributed by atoms with Crippen molar-refractivity contribution in [3.8, 4) is 0 Å². The summed E-state index contributed by atoms with van der Waals surface area (Å²) in [7, 11) is 1.73. The van der Waals surface area contributed by atoms with Crippen LogP contribution in [0.5, 0.6) is 0 Å². The number of ether oxygens (including phenoxy) is 1. The monoisotopic (exact) mass is 332 g/mol. The Balaban J connectivity index is 1.76. The van der Waals surface area contributed by atoms with E-state index in [-0.39, 0.29) is 11.8 Å². The number of benzene rings is 1. The lowest BCUT2D eigenvalue weighted by Crippen LogP contribution is -2.41. The SMILES string of the molecule is Cn1c(=O)oc2cccc(C3CCN(C(=O)OC(C)(C)C)CC3)c21. The van der Waals surface area contributed by atoms with Gasteiger partial charge in [-0.3, -0.25) is 4.57 Å². The molecular formula is C18H24N2O4. The molecule has 0 aliphatic carbocycles. The zero-order chi connectivity index (χ0) is 17.5. The Kier molecular flexibility index (Phi) is 4.15. The van der Waals surface area contributed by atoms with Crippen LogP contribution in [0, 0.1) is 0 Å². The Morgan fingerprint density at radius 1 is 1.25 bits per heavy atom. The van der Waals surface area contributed by atoms with E-state index in [1.54, 1.807) is 16.5 Å². The lowest BCUT2D eigenvalue weighted by Gasteiger charge is -2.33. The van der Waals surface area contributed by atoms with Gasteiger partial charge in [0, 0.05) is 20.1 Å². The number of para-hydroxylation sites is 1. The van der Waals surface area contributed by atoms with E-state index in [0.717, 1.165) is 23.9 Å². The van der Waals surface area contributed by atoms with E-state index in [0.29, 0.717) is 24.6 Å². The first-order valence-corrected chi connectivity index (χ1v) is 8.32. The van der Waals surface area contributed by atoms with Crippen molar-refractivity contribution >= 4 is 17.2 Å². The Morgan fingerprint density at radius 2 is 1.92 bits per heavy atom. The molecule has 0 saturated carbocycles. The van der Waals surface area contributed by atoms with E-state index in [1.165, 1.54) is 0 Å². The zero-order valence-corrected chi connectivity index (χ0v) is 14.7. The van der Waals surface area contributed by atoms with Gasteiger partial charge in [-0.2, -0.15) is 0 Å². The molecule has 1 aliphatic rings. The predicted molar refractivity (Wildman–Crippen MR) is 91.2 cm³/mol. The molecule has 0 radical (unpaired) electrons. The van der Waals surface area contributed by atoms with Crippen LogP contribution in [0.15, 0.2) is 27.4 Å². The average molecular weight is 332 g/mol. The third kappa shape index (κ3) is 3.18. The van der Waals surface area contributed by atoms with E-state index in [4.69, 9.17) is 9.15 Å². The Morgan fingerprint density at radius 3 is 2.54 bits per heavy atom. The molecule has 6 nitrogen and oxygen atoms in total. The number of rotatable bonds is 1. The van der Waals surface area contributed by atoms with E-state index >= 15 is 0 Å². The highest BCUT2D eigenvalue weighted by molar-refractivity contribution is 5.77. The van der Waals surface area contributed by atoms with Gasteiger partial charge in [-0.25, -0.2) is 9.59 Å². The molecule has 1 fully saturated rings. The lowest BCUT2D eigenvalue weighted by atomic mass is 9.89. The highest BCUT2D eigenvalue weighted by Gasteiger charge is 2.28. The van der Waals surface area contributed by atoms with Gasteiger partial charge in [0.15, 0.2) is 5.58 Å². The van der Waals surface area contributed by atoms with Crippen molar-refractivity contribution < 1.29 is 13.9 Å². The fraction of sp³-hybridized carbons (Fsp3) is 0.556. The summed E-state index contributed by atoms with van der Waals surface area (Å²) in [6, 6.07) is 5.78. The molecule has 130 valence electrons. The number of hydrogen-bond acceptors (Lipinski definition) is 4. The Bertz CT molecular complexity index is 805. The number of oxazole rings is 1. The number of piperidine rings is 1. The van der Waals surface area contributed by atoms with Crippen LogP contribution in [0.3, 0.4) is 0 Å². The number of likely N-dealkylation sites (tertiary alicyclic amines) is 1. The van der Waals surface area contributed by atoms with Crippen LogP contribution < -0.4 is 5.76 Å². The number of amides is 1. The third-order valence-electron chi connectivity index (χ3n) is 4.42. The molecule has 2 aromatic rings. The van der Waals surface area contributed by atoms with E-state index in [9.17, 15) is 9.59 Å². The highest BCUT2D eigenvalue weighted by atomic mass is 16.6. The summed E-state index contributed by atoms with van der Waals surface area (Å²) in [5.41, 5.74) is 2.12. The molecule has 3 rings (SSSR count). The van der Waals surface area contributed by atoms with Crippen LogP contribution in [0.25, 0.3) is 11.1 Å². The lowest BCUT2D eigenvalue weighted by molar-refractivity contribution is 0.0205. The molecule has 1 aromatic heterocycles. The molecule has 0 N–H and O–H groups in total. The number of carbonyl (C=O) groups is 1. The summed E-state index contributed by atoms with van der Waals surface area (Å²) in [5.74, 6) is -0.0424. The number of fused-ring (bicyclic) bond motifs is 1. The maximum absolute atomic E-state index is 12.2. The molecule has 6 heteroatoms. The maximum Gasteiger partial charge on any atom is 0.419 e. The van der Waals surface area contributed by atoms with Crippen molar-refractivity contribution in [1.29, 1.82) is 0 Å². The van der Waals surface area contributed by atoms with Gasteiger partial charge in [0.2, 0.25) is 0 Å². The van der Waals surface area contributed by atoms with Gasteiger partial charge in [0.05, 0.1) is 5.52 Å². The van der Waals surface area contributed by atoms with Gasteiger partial charge in [-0.05, 0) is 51.2 Å². The quantitative estimate of drug-likeness (QED) is 0.804. The molecule has 0 bridgehead atoms. The summed E-state index contributed by atoms with van der Waals surface area (Å²) in [5, 5.41) is 0. The van der Waals surface area contributed by atoms with E-state index < -0.39 is 5.60 Å². The second kappa shape index (κ2) is 6.00. The van der Waals surface area contributed by atoms with Gasteiger partial charge >= 0.3 is 11.8 Å². The van der Waals surface area contributed by atoms with Crippen molar-refractivity contribution in [2.75, 3.05) is 13.1 Å². The standard InChI is InChI=1S/C18H24N2O4/c1-18(2,3)24-17(22)20-10-8-12(9-11-20)13-6-5-7-14-15(13)19(4)16(21)23-14/h5-7,12H,8-11H2,1-4H3.